The zero-order chi connectivity index (χ0) is 29.6. The molecule has 5 heteroatoms. The fraction of sp³-hybridized carbons (Fsp3) is 0.737. The van der Waals surface area contributed by atoms with E-state index in [-0.39, 0.29) is 11.7 Å². The minimum absolute atomic E-state index is 0.0184. The lowest BCUT2D eigenvalue weighted by molar-refractivity contribution is -0.0740. The van der Waals surface area contributed by atoms with E-state index in [1.54, 1.807) is 16.7 Å². The van der Waals surface area contributed by atoms with Crippen LogP contribution in [-0.2, 0) is 20.8 Å². The van der Waals surface area contributed by atoms with Crippen molar-refractivity contribution in [3.8, 4) is 0 Å². The molecule has 7 rings (SSSR count). The molecule has 5 nitrogen and oxygen atoms in total. The van der Waals surface area contributed by atoms with Crippen molar-refractivity contribution in [2.45, 2.75) is 115 Å². The van der Waals surface area contributed by atoms with Crippen molar-refractivity contribution in [1.82, 2.24) is 4.90 Å². The molecule has 1 aromatic rings. The van der Waals surface area contributed by atoms with Crippen LogP contribution in [0.2, 0.25) is 0 Å². The quantitative estimate of drug-likeness (QED) is 0.259. The Balaban J connectivity index is 0.965. The molecule has 1 spiro atoms. The Morgan fingerprint density at radius 2 is 1.86 bits per heavy atom. The number of rotatable bonds is 8. The van der Waals surface area contributed by atoms with Gasteiger partial charge in [-0.2, -0.15) is 0 Å². The van der Waals surface area contributed by atoms with Crippen LogP contribution in [-0.4, -0.2) is 66.8 Å². The molecule has 9 unspecified atom stereocenters. The van der Waals surface area contributed by atoms with Crippen LogP contribution in [0.5, 0.6) is 0 Å². The lowest BCUT2D eigenvalue weighted by atomic mass is 9.56. The minimum Gasteiger partial charge on any atom is -0.393 e. The number of allylic oxidation sites excluding steroid dienone is 2. The highest BCUT2D eigenvalue weighted by molar-refractivity contribution is 5.34. The second-order valence-corrected chi connectivity index (χ2v) is 15.2. The molecule has 4 aliphatic carbocycles. The van der Waals surface area contributed by atoms with Crippen LogP contribution in [0, 0.1) is 29.1 Å². The first-order chi connectivity index (χ1) is 20.9. The number of likely N-dealkylation sites (tertiary alicyclic amines) is 1. The Hall–Kier alpha value is -1.50. The van der Waals surface area contributed by atoms with Crippen molar-refractivity contribution in [1.29, 1.82) is 0 Å². The zero-order valence-corrected chi connectivity index (χ0v) is 26.9. The topological polar surface area (TPSA) is 51.2 Å². The van der Waals surface area contributed by atoms with Gasteiger partial charge in [0, 0.05) is 18.5 Å². The van der Waals surface area contributed by atoms with E-state index < -0.39 is 0 Å². The lowest BCUT2D eigenvalue weighted by Gasteiger charge is -2.49. The maximum atomic E-state index is 10.4. The summed E-state index contributed by atoms with van der Waals surface area (Å²) in [5, 5.41) is 10.4. The third-order valence-corrected chi connectivity index (χ3v) is 13.0. The van der Waals surface area contributed by atoms with Gasteiger partial charge in [-0.1, -0.05) is 67.0 Å². The van der Waals surface area contributed by atoms with E-state index in [0.717, 1.165) is 63.1 Å². The molecular formula is C38H55NO4. The van der Waals surface area contributed by atoms with E-state index in [1.807, 2.05) is 6.07 Å². The minimum atomic E-state index is -0.127. The van der Waals surface area contributed by atoms with Gasteiger partial charge in [-0.15, -0.1) is 0 Å². The molecule has 43 heavy (non-hydrogen) atoms. The Morgan fingerprint density at radius 1 is 1.02 bits per heavy atom. The van der Waals surface area contributed by atoms with E-state index >= 15 is 0 Å². The summed E-state index contributed by atoms with van der Waals surface area (Å²) in [6.45, 7) is 12.3. The van der Waals surface area contributed by atoms with Gasteiger partial charge < -0.3 is 19.3 Å². The maximum Gasteiger partial charge on any atom is 0.0765 e. The maximum absolute atomic E-state index is 10.4. The second kappa shape index (κ2) is 12.4. The SMILES string of the molecule is CC1=C2CC3C(CC=C4CC(O)CCC43C)C2CCC2(C1)OC1CCCN(CCOCCOCc3ccccc3)C1C2C. The first-order valence-corrected chi connectivity index (χ1v) is 17.6. The molecule has 2 heterocycles. The first kappa shape index (κ1) is 30.2. The predicted molar refractivity (Wildman–Crippen MR) is 171 cm³/mol. The predicted octanol–water partition coefficient (Wildman–Crippen LogP) is 7.09. The van der Waals surface area contributed by atoms with Crippen LogP contribution in [0.3, 0.4) is 0 Å². The van der Waals surface area contributed by atoms with E-state index in [2.05, 4.69) is 56.0 Å². The molecule has 0 bridgehead atoms. The van der Waals surface area contributed by atoms with Crippen molar-refractivity contribution >= 4 is 0 Å². The van der Waals surface area contributed by atoms with Gasteiger partial charge in [0.2, 0.25) is 0 Å². The van der Waals surface area contributed by atoms with Gasteiger partial charge in [0.25, 0.3) is 0 Å². The molecule has 0 radical (unpaired) electrons. The molecule has 1 aromatic carbocycles. The van der Waals surface area contributed by atoms with E-state index in [4.69, 9.17) is 14.2 Å². The van der Waals surface area contributed by atoms with Crippen LogP contribution >= 0.6 is 0 Å². The summed E-state index contributed by atoms with van der Waals surface area (Å²) in [7, 11) is 0. The van der Waals surface area contributed by atoms with Crippen molar-refractivity contribution in [2.24, 2.45) is 29.1 Å². The monoisotopic (exact) mass is 589 g/mol. The highest BCUT2D eigenvalue weighted by atomic mass is 16.5. The van der Waals surface area contributed by atoms with Gasteiger partial charge in [0.05, 0.1) is 44.2 Å². The highest BCUT2D eigenvalue weighted by Crippen LogP contribution is 2.63. The molecule has 2 saturated carbocycles. The summed E-state index contributed by atoms with van der Waals surface area (Å²) >= 11 is 0. The van der Waals surface area contributed by atoms with E-state index in [1.165, 1.54) is 44.1 Å². The average Bonchev–Trinajstić information content (AvgIpc) is 3.48. The summed E-state index contributed by atoms with van der Waals surface area (Å²) in [6, 6.07) is 10.9. The van der Waals surface area contributed by atoms with Crippen molar-refractivity contribution in [3.05, 3.63) is 58.7 Å². The summed E-state index contributed by atoms with van der Waals surface area (Å²) in [5.74, 6) is 2.78. The molecule has 9 atom stereocenters. The fourth-order valence-corrected chi connectivity index (χ4v) is 10.7. The number of benzene rings is 1. The summed E-state index contributed by atoms with van der Waals surface area (Å²) in [6.07, 6.45) is 14.3. The van der Waals surface area contributed by atoms with Gasteiger partial charge in [0.1, 0.15) is 0 Å². The lowest BCUT2D eigenvalue weighted by Crippen LogP contribution is -2.50. The van der Waals surface area contributed by atoms with Crippen LogP contribution in [0.25, 0.3) is 0 Å². The second-order valence-electron chi connectivity index (χ2n) is 15.2. The summed E-state index contributed by atoms with van der Waals surface area (Å²) < 4.78 is 19.1. The third-order valence-electron chi connectivity index (χ3n) is 13.0. The summed E-state index contributed by atoms with van der Waals surface area (Å²) in [4.78, 5) is 2.70. The molecule has 0 amide bonds. The zero-order valence-electron chi connectivity index (χ0n) is 26.9. The number of piperidine rings is 1. The smallest absolute Gasteiger partial charge is 0.0765 e. The Bertz CT molecular complexity index is 1200. The number of aliphatic hydroxyl groups is 1. The van der Waals surface area contributed by atoms with Gasteiger partial charge in [0.15, 0.2) is 0 Å². The third kappa shape index (κ3) is 5.60. The standard InChI is InChI=1S/C38H55NO4/c1-26-24-38(16-14-31-32-12-11-29-22-30(40)13-15-37(29,3)34(32)23-33(26)31)27(2)36-35(43-38)10-7-17-39(36)18-19-41-20-21-42-25-28-8-5-4-6-9-28/h4-6,8-9,11,27,30-32,34-36,40H,7,10,12-25H2,1-3H3. The van der Waals surface area contributed by atoms with Crippen molar-refractivity contribution < 1.29 is 19.3 Å². The molecule has 4 fully saturated rings. The number of nitrogens with zero attached hydrogens (tertiary/aromatic N) is 1. The van der Waals surface area contributed by atoms with Crippen LogP contribution in [0.1, 0.15) is 90.5 Å². The molecule has 236 valence electrons. The van der Waals surface area contributed by atoms with Crippen LogP contribution < -0.4 is 0 Å². The molecule has 2 aliphatic heterocycles. The number of hydrogen-bond acceptors (Lipinski definition) is 5. The van der Waals surface area contributed by atoms with Crippen molar-refractivity contribution in [2.75, 3.05) is 32.9 Å². The van der Waals surface area contributed by atoms with Crippen molar-refractivity contribution in [3.63, 3.8) is 0 Å². The molecule has 1 N–H and O–H groups in total. The van der Waals surface area contributed by atoms with E-state index in [9.17, 15) is 5.11 Å². The fourth-order valence-electron chi connectivity index (χ4n) is 10.7. The van der Waals surface area contributed by atoms with Crippen LogP contribution in [0.15, 0.2) is 53.1 Å². The number of hydrogen-bond donors (Lipinski definition) is 1. The Labute approximate surface area is 260 Å². The number of ether oxygens (including phenoxy) is 3. The highest BCUT2D eigenvalue weighted by Gasteiger charge is 2.58. The molecule has 2 saturated heterocycles. The molecular weight excluding hydrogens is 534 g/mol. The Kier molecular flexibility index (Phi) is 8.67. The Morgan fingerprint density at radius 3 is 2.72 bits per heavy atom. The average molecular weight is 590 g/mol. The normalized spacial score (nSPS) is 40.9. The van der Waals surface area contributed by atoms with Gasteiger partial charge in [-0.05, 0) is 106 Å². The largest absolute Gasteiger partial charge is 0.393 e. The van der Waals surface area contributed by atoms with Gasteiger partial charge in [-0.25, -0.2) is 0 Å². The molecule has 0 aromatic heterocycles. The summed E-state index contributed by atoms with van der Waals surface area (Å²) in [5.41, 5.74) is 6.49. The van der Waals surface area contributed by atoms with E-state index in [0.29, 0.717) is 43.3 Å². The van der Waals surface area contributed by atoms with Gasteiger partial charge in [-0.3, -0.25) is 4.90 Å². The first-order valence-electron chi connectivity index (χ1n) is 17.6. The van der Waals surface area contributed by atoms with Gasteiger partial charge >= 0.3 is 0 Å². The van der Waals surface area contributed by atoms with Crippen LogP contribution in [0.4, 0.5) is 0 Å². The number of aliphatic hydroxyl groups excluding tert-OH is 1. The molecule has 6 aliphatic rings. The number of fused-ring (bicyclic) bond motifs is 6.